The van der Waals surface area contributed by atoms with E-state index in [-0.39, 0.29) is 12.6 Å². The Labute approximate surface area is 165 Å². The van der Waals surface area contributed by atoms with Gasteiger partial charge in [0.25, 0.3) is 0 Å². The van der Waals surface area contributed by atoms with E-state index in [0.29, 0.717) is 30.9 Å². The smallest absolute Gasteiger partial charge is 0.319 e. The molecule has 2 aromatic rings. The fourth-order valence-corrected chi connectivity index (χ4v) is 2.86. The highest BCUT2D eigenvalue weighted by atomic mass is 16.5. The molecule has 150 valence electrons. The van der Waals surface area contributed by atoms with Crippen molar-refractivity contribution in [3.8, 4) is 0 Å². The lowest BCUT2D eigenvalue weighted by Gasteiger charge is -2.27. The first-order valence-corrected chi connectivity index (χ1v) is 9.29. The van der Waals surface area contributed by atoms with E-state index in [2.05, 4.69) is 30.5 Å². The zero-order chi connectivity index (χ0) is 20.1. The molecule has 2 heterocycles. The molecule has 0 spiro atoms. The Morgan fingerprint density at radius 1 is 1.18 bits per heavy atom. The summed E-state index contributed by atoms with van der Waals surface area (Å²) >= 11 is 0. The maximum Gasteiger partial charge on any atom is 0.319 e. The topological polar surface area (TPSA) is 95.5 Å². The van der Waals surface area contributed by atoms with Crippen LogP contribution in [0.1, 0.15) is 17.0 Å². The number of morpholine rings is 1. The number of ether oxygens (including phenoxy) is 1. The van der Waals surface area contributed by atoms with Crippen LogP contribution in [0, 0.1) is 13.8 Å². The molecule has 2 amide bonds. The summed E-state index contributed by atoms with van der Waals surface area (Å²) in [7, 11) is 3.75. The van der Waals surface area contributed by atoms with E-state index in [4.69, 9.17) is 4.74 Å². The van der Waals surface area contributed by atoms with Crippen molar-refractivity contribution in [1.82, 2.24) is 20.3 Å². The predicted octanol–water partition coefficient (Wildman–Crippen LogP) is 1.71. The Balaban J connectivity index is 1.68. The lowest BCUT2D eigenvalue weighted by molar-refractivity contribution is 0.122. The molecule has 3 rings (SSSR count). The van der Waals surface area contributed by atoms with E-state index >= 15 is 0 Å². The first kappa shape index (κ1) is 19.8. The quantitative estimate of drug-likeness (QED) is 0.809. The Hall–Kier alpha value is -2.94. The average molecular weight is 385 g/mol. The molecule has 0 bridgehead atoms. The summed E-state index contributed by atoms with van der Waals surface area (Å²) in [6, 6.07) is 5.59. The minimum atomic E-state index is -0.299. The van der Waals surface area contributed by atoms with Gasteiger partial charge in [-0.1, -0.05) is 17.7 Å². The molecular formula is C19H27N7O2. The number of aromatic nitrogens is 3. The molecule has 0 saturated carbocycles. The number of benzene rings is 1. The molecule has 1 aromatic carbocycles. The Morgan fingerprint density at radius 3 is 2.61 bits per heavy atom. The number of hydrogen-bond donors (Lipinski definition) is 2. The number of anilines is 3. The van der Waals surface area contributed by atoms with Crippen molar-refractivity contribution in [2.45, 2.75) is 20.4 Å². The summed E-state index contributed by atoms with van der Waals surface area (Å²) in [5.41, 5.74) is 2.95. The number of carbonyl (C=O) groups excluding carboxylic acids is 1. The van der Waals surface area contributed by atoms with Gasteiger partial charge in [0, 0.05) is 32.9 Å². The highest BCUT2D eigenvalue weighted by molar-refractivity contribution is 5.90. The summed E-state index contributed by atoms with van der Waals surface area (Å²) in [6.45, 7) is 6.95. The van der Waals surface area contributed by atoms with Crippen LogP contribution in [0.2, 0.25) is 0 Å². The predicted molar refractivity (Wildman–Crippen MR) is 109 cm³/mol. The van der Waals surface area contributed by atoms with Gasteiger partial charge in [0.05, 0.1) is 19.8 Å². The van der Waals surface area contributed by atoms with E-state index in [9.17, 15) is 4.79 Å². The molecule has 0 atom stereocenters. The van der Waals surface area contributed by atoms with E-state index in [1.54, 1.807) is 0 Å². The van der Waals surface area contributed by atoms with Gasteiger partial charge >= 0.3 is 6.03 Å². The number of nitrogens with one attached hydrogen (secondary N) is 2. The third-order valence-corrected chi connectivity index (χ3v) is 4.39. The maximum absolute atomic E-state index is 12.3. The second-order valence-corrected chi connectivity index (χ2v) is 6.97. The van der Waals surface area contributed by atoms with Crippen LogP contribution in [0.4, 0.5) is 22.4 Å². The molecule has 9 nitrogen and oxygen atoms in total. The van der Waals surface area contributed by atoms with Crippen molar-refractivity contribution >= 4 is 23.6 Å². The number of amides is 2. The molecular weight excluding hydrogens is 358 g/mol. The van der Waals surface area contributed by atoms with Crippen LogP contribution in [0.15, 0.2) is 18.2 Å². The third-order valence-electron chi connectivity index (χ3n) is 4.39. The van der Waals surface area contributed by atoms with Crippen LogP contribution >= 0.6 is 0 Å². The highest BCUT2D eigenvalue weighted by Gasteiger charge is 2.17. The van der Waals surface area contributed by atoms with Crippen LogP contribution in [-0.4, -0.2) is 61.4 Å². The molecule has 9 heteroatoms. The van der Waals surface area contributed by atoms with Crippen LogP contribution in [0.5, 0.6) is 0 Å². The zero-order valence-corrected chi connectivity index (χ0v) is 16.8. The standard InChI is InChI=1S/C19H27N7O2/c1-13-5-6-15(14(2)11-13)21-19(27)20-12-16-22-17(25(3)4)24-18(23-16)26-7-9-28-10-8-26/h5-6,11H,7-10,12H2,1-4H3,(H2,20,21,27). The minimum absolute atomic E-state index is 0.206. The van der Waals surface area contributed by atoms with Gasteiger partial charge in [-0.3, -0.25) is 0 Å². The van der Waals surface area contributed by atoms with E-state index in [1.165, 1.54) is 0 Å². The van der Waals surface area contributed by atoms with Gasteiger partial charge in [-0.15, -0.1) is 0 Å². The van der Waals surface area contributed by atoms with Crippen LogP contribution in [0.3, 0.4) is 0 Å². The number of aryl methyl sites for hydroxylation is 2. The largest absolute Gasteiger partial charge is 0.378 e. The van der Waals surface area contributed by atoms with Gasteiger partial charge in [0.1, 0.15) is 0 Å². The number of hydrogen-bond acceptors (Lipinski definition) is 7. The van der Waals surface area contributed by atoms with Crippen molar-refractivity contribution in [2.75, 3.05) is 55.5 Å². The zero-order valence-electron chi connectivity index (χ0n) is 16.8. The van der Waals surface area contributed by atoms with Crippen LogP contribution < -0.4 is 20.4 Å². The van der Waals surface area contributed by atoms with Gasteiger partial charge in [-0.25, -0.2) is 4.79 Å². The molecule has 0 unspecified atom stereocenters. The second-order valence-electron chi connectivity index (χ2n) is 6.97. The number of rotatable bonds is 5. The summed E-state index contributed by atoms with van der Waals surface area (Å²) in [5.74, 6) is 1.67. The Bertz CT molecular complexity index is 835. The van der Waals surface area contributed by atoms with E-state index in [0.717, 1.165) is 29.9 Å². The summed E-state index contributed by atoms with van der Waals surface area (Å²) < 4.78 is 5.39. The molecule has 2 N–H and O–H groups in total. The lowest BCUT2D eigenvalue weighted by atomic mass is 10.1. The maximum atomic E-state index is 12.3. The van der Waals surface area contributed by atoms with E-state index in [1.807, 2.05) is 51.0 Å². The van der Waals surface area contributed by atoms with Crippen molar-refractivity contribution in [1.29, 1.82) is 0 Å². The molecule has 28 heavy (non-hydrogen) atoms. The molecule has 1 aliphatic rings. The normalized spacial score (nSPS) is 13.9. The fourth-order valence-electron chi connectivity index (χ4n) is 2.86. The fraction of sp³-hybridized carbons (Fsp3) is 0.474. The summed E-state index contributed by atoms with van der Waals surface area (Å²) in [4.78, 5) is 29.7. The van der Waals surface area contributed by atoms with Crippen molar-refractivity contribution in [3.05, 3.63) is 35.2 Å². The number of urea groups is 1. The first-order valence-electron chi connectivity index (χ1n) is 9.29. The third kappa shape index (κ3) is 5.07. The summed E-state index contributed by atoms with van der Waals surface area (Å²) in [6.07, 6.45) is 0. The minimum Gasteiger partial charge on any atom is -0.378 e. The van der Waals surface area contributed by atoms with Gasteiger partial charge < -0.3 is 25.2 Å². The van der Waals surface area contributed by atoms with Gasteiger partial charge in [0.2, 0.25) is 11.9 Å². The lowest BCUT2D eigenvalue weighted by Crippen LogP contribution is -2.38. The molecule has 1 saturated heterocycles. The molecule has 1 aromatic heterocycles. The Morgan fingerprint density at radius 2 is 1.93 bits per heavy atom. The van der Waals surface area contributed by atoms with Crippen molar-refractivity contribution in [3.63, 3.8) is 0 Å². The SMILES string of the molecule is Cc1ccc(NC(=O)NCc2nc(N(C)C)nc(N3CCOCC3)n2)c(C)c1. The average Bonchev–Trinajstić information content (AvgIpc) is 2.69. The van der Waals surface area contributed by atoms with Crippen molar-refractivity contribution < 1.29 is 9.53 Å². The molecule has 0 aliphatic carbocycles. The second kappa shape index (κ2) is 8.83. The van der Waals surface area contributed by atoms with Crippen molar-refractivity contribution in [2.24, 2.45) is 0 Å². The molecule has 1 fully saturated rings. The number of carbonyl (C=O) groups is 1. The van der Waals surface area contributed by atoms with Crippen LogP contribution in [0.25, 0.3) is 0 Å². The van der Waals surface area contributed by atoms with Gasteiger partial charge in [-0.2, -0.15) is 15.0 Å². The number of nitrogens with zero attached hydrogens (tertiary/aromatic N) is 5. The Kier molecular flexibility index (Phi) is 6.25. The molecule has 0 radical (unpaired) electrons. The van der Waals surface area contributed by atoms with Gasteiger partial charge in [-0.05, 0) is 25.5 Å². The first-order chi connectivity index (χ1) is 13.4. The van der Waals surface area contributed by atoms with Gasteiger partial charge in [0.15, 0.2) is 5.82 Å². The van der Waals surface area contributed by atoms with Crippen LogP contribution in [-0.2, 0) is 11.3 Å². The van der Waals surface area contributed by atoms with E-state index < -0.39 is 0 Å². The molecule has 1 aliphatic heterocycles. The monoisotopic (exact) mass is 385 g/mol. The highest BCUT2D eigenvalue weighted by Crippen LogP contribution is 2.16. The summed E-state index contributed by atoms with van der Waals surface area (Å²) in [5, 5.41) is 5.69.